The first-order valence-corrected chi connectivity index (χ1v) is 6.70. The lowest BCUT2D eigenvalue weighted by atomic mass is 10.1. The Morgan fingerprint density at radius 1 is 1.60 bits per heavy atom. The van der Waals surface area contributed by atoms with Crippen LogP contribution in [-0.2, 0) is 4.74 Å². The maximum atomic E-state index is 11.2. The van der Waals surface area contributed by atoms with E-state index in [1.807, 2.05) is 17.9 Å². The number of benzene rings is 1. The molecule has 0 amide bonds. The van der Waals surface area contributed by atoms with Crippen LogP contribution < -0.4 is 4.90 Å². The van der Waals surface area contributed by atoms with Crippen molar-refractivity contribution in [3.63, 3.8) is 0 Å². The minimum Gasteiger partial charge on any atom is -0.376 e. The zero-order valence-electron chi connectivity index (χ0n) is 11.4. The first-order chi connectivity index (χ1) is 9.65. The Hall–Kier alpha value is -2.13. The predicted molar refractivity (Wildman–Crippen MR) is 74.7 cm³/mol. The number of hydrogen-bond acceptors (Lipinski definition) is 5. The van der Waals surface area contributed by atoms with E-state index in [0.717, 1.165) is 19.4 Å². The number of nitrogens with zero attached hydrogens (tertiary/aromatic N) is 3. The highest BCUT2D eigenvalue weighted by molar-refractivity contribution is 5.65. The molecule has 20 heavy (non-hydrogen) atoms. The second kappa shape index (κ2) is 6.35. The van der Waals surface area contributed by atoms with Crippen LogP contribution in [0.3, 0.4) is 0 Å². The van der Waals surface area contributed by atoms with E-state index in [-0.39, 0.29) is 11.8 Å². The van der Waals surface area contributed by atoms with Gasteiger partial charge in [0.25, 0.3) is 5.69 Å². The summed E-state index contributed by atoms with van der Waals surface area (Å²) in [6.07, 6.45) is 2.16. The van der Waals surface area contributed by atoms with Crippen molar-refractivity contribution in [3.05, 3.63) is 33.9 Å². The van der Waals surface area contributed by atoms with Gasteiger partial charge in [-0.2, -0.15) is 5.26 Å². The largest absolute Gasteiger partial charge is 0.376 e. The summed E-state index contributed by atoms with van der Waals surface area (Å²) >= 11 is 0. The smallest absolute Gasteiger partial charge is 0.293 e. The van der Waals surface area contributed by atoms with E-state index in [1.54, 1.807) is 12.1 Å². The Labute approximate surface area is 117 Å². The molecule has 6 heteroatoms. The van der Waals surface area contributed by atoms with Gasteiger partial charge < -0.3 is 9.64 Å². The molecule has 1 aliphatic heterocycles. The molecule has 0 radical (unpaired) electrons. The lowest BCUT2D eigenvalue weighted by molar-refractivity contribution is -0.384. The van der Waals surface area contributed by atoms with E-state index in [0.29, 0.717) is 24.3 Å². The molecular formula is C14H17N3O3. The number of anilines is 1. The molecule has 1 heterocycles. The van der Waals surface area contributed by atoms with Crippen molar-refractivity contribution in [2.24, 2.45) is 0 Å². The molecule has 0 N–H and O–H groups in total. The van der Waals surface area contributed by atoms with Crippen molar-refractivity contribution in [1.82, 2.24) is 0 Å². The van der Waals surface area contributed by atoms with Crippen molar-refractivity contribution in [2.45, 2.75) is 25.9 Å². The van der Waals surface area contributed by atoms with E-state index in [1.165, 1.54) is 6.07 Å². The van der Waals surface area contributed by atoms with E-state index in [4.69, 9.17) is 10.00 Å². The molecule has 0 bridgehead atoms. The number of ether oxygens (including phenoxy) is 1. The average Bonchev–Trinajstić information content (AvgIpc) is 2.97. The molecular weight excluding hydrogens is 258 g/mol. The lowest BCUT2D eigenvalue weighted by Crippen LogP contribution is -2.32. The Morgan fingerprint density at radius 3 is 2.95 bits per heavy atom. The first kappa shape index (κ1) is 14.3. The van der Waals surface area contributed by atoms with E-state index < -0.39 is 4.92 Å². The SMILES string of the molecule is CCN(C[C@@H]1CCCO1)c1ccc(C#N)cc1[N+](=O)[O-]. The molecule has 0 saturated carbocycles. The van der Waals surface area contributed by atoms with E-state index in [2.05, 4.69) is 0 Å². The highest BCUT2D eigenvalue weighted by atomic mass is 16.6. The molecule has 0 aliphatic carbocycles. The van der Waals surface area contributed by atoms with Crippen molar-refractivity contribution in [1.29, 1.82) is 5.26 Å². The zero-order chi connectivity index (χ0) is 14.5. The molecule has 0 spiro atoms. The number of nitro groups is 1. The molecule has 106 valence electrons. The minimum absolute atomic E-state index is 0.0242. The normalized spacial score (nSPS) is 17.7. The fourth-order valence-corrected chi connectivity index (χ4v) is 2.44. The monoisotopic (exact) mass is 275 g/mol. The second-order valence-electron chi connectivity index (χ2n) is 4.75. The molecule has 1 aromatic rings. The third-order valence-electron chi connectivity index (χ3n) is 3.47. The highest BCUT2D eigenvalue weighted by Gasteiger charge is 2.24. The fraction of sp³-hybridized carbons (Fsp3) is 0.500. The molecule has 1 aliphatic rings. The van der Waals surface area contributed by atoms with Crippen LogP contribution in [0.1, 0.15) is 25.3 Å². The van der Waals surface area contributed by atoms with Gasteiger partial charge in [0, 0.05) is 25.8 Å². The predicted octanol–water partition coefficient (Wildman–Crippen LogP) is 2.47. The van der Waals surface area contributed by atoms with E-state index >= 15 is 0 Å². The quantitative estimate of drug-likeness (QED) is 0.609. The highest BCUT2D eigenvalue weighted by Crippen LogP contribution is 2.30. The number of hydrogen-bond donors (Lipinski definition) is 0. The third kappa shape index (κ3) is 3.06. The fourth-order valence-electron chi connectivity index (χ4n) is 2.44. The number of rotatable bonds is 5. The van der Waals surface area contributed by atoms with Crippen molar-refractivity contribution >= 4 is 11.4 Å². The molecule has 1 fully saturated rings. The van der Waals surface area contributed by atoms with Gasteiger partial charge in [0.15, 0.2) is 0 Å². The van der Waals surface area contributed by atoms with Crippen LogP contribution in [0.4, 0.5) is 11.4 Å². The summed E-state index contributed by atoms with van der Waals surface area (Å²) in [7, 11) is 0. The van der Waals surface area contributed by atoms with Gasteiger partial charge in [0.2, 0.25) is 0 Å². The van der Waals surface area contributed by atoms with Gasteiger partial charge in [-0.1, -0.05) is 0 Å². The Morgan fingerprint density at radius 2 is 2.40 bits per heavy atom. The molecule has 0 aromatic heterocycles. The van der Waals surface area contributed by atoms with Crippen LogP contribution in [0.25, 0.3) is 0 Å². The van der Waals surface area contributed by atoms with Gasteiger partial charge in [-0.05, 0) is 31.9 Å². The maximum absolute atomic E-state index is 11.2. The maximum Gasteiger partial charge on any atom is 0.293 e. The summed E-state index contributed by atoms with van der Waals surface area (Å²) in [6.45, 7) is 4.02. The topological polar surface area (TPSA) is 79.4 Å². The van der Waals surface area contributed by atoms with Gasteiger partial charge in [0.05, 0.1) is 22.7 Å². The first-order valence-electron chi connectivity index (χ1n) is 6.70. The number of nitro benzene ring substituents is 1. The standard InChI is InChI=1S/C14H17N3O3/c1-2-16(10-12-4-3-7-20-12)13-6-5-11(9-15)8-14(13)17(18)19/h5-6,8,12H,2-4,7,10H2,1H3/t12-/m0/s1. The zero-order valence-corrected chi connectivity index (χ0v) is 11.4. The summed E-state index contributed by atoms with van der Waals surface area (Å²) in [4.78, 5) is 12.7. The van der Waals surface area contributed by atoms with Gasteiger partial charge in [-0.3, -0.25) is 10.1 Å². The second-order valence-corrected chi connectivity index (χ2v) is 4.75. The summed E-state index contributed by atoms with van der Waals surface area (Å²) in [5.74, 6) is 0. The molecule has 2 rings (SSSR count). The van der Waals surface area contributed by atoms with Crippen molar-refractivity contribution in [2.75, 3.05) is 24.6 Å². The molecule has 1 saturated heterocycles. The third-order valence-corrected chi connectivity index (χ3v) is 3.47. The summed E-state index contributed by atoms with van der Waals surface area (Å²) in [5.41, 5.74) is 0.824. The summed E-state index contributed by atoms with van der Waals surface area (Å²) < 4.78 is 5.59. The van der Waals surface area contributed by atoms with Gasteiger partial charge in [-0.15, -0.1) is 0 Å². The van der Waals surface area contributed by atoms with Gasteiger partial charge >= 0.3 is 0 Å². The Balaban J connectivity index is 2.28. The summed E-state index contributed by atoms with van der Waals surface area (Å²) in [5, 5.41) is 20.0. The van der Waals surface area contributed by atoms with Gasteiger partial charge in [0.1, 0.15) is 5.69 Å². The molecule has 1 atom stereocenters. The number of nitriles is 1. The van der Waals surface area contributed by atoms with Crippen LogP contribution in [0.2, 0.25) is 0 Å². The van der Waals surface area contributed by atoms with E-state index in [9.17, 15) is 10.1 Å². The van der Waals surface area contributed by atoms with Crippen molar-refractivity contribution < 1.29 is 9.66 Å². The van der Waals surface area contributed by atoms with Gasteiger partial charge in [-0.25, -0.2) is 0 Å². The number of likely N-dealkylation sites (N-methyl/N-ethyl adjacent to an activating group) is 1. The van der Waals surface area contributed by atoms with Crippen LogP contribution in [-0.4, -0.2) is 30.7 Å². The van der Waals surface area contributed by atoms with Crippen LogP contribution in [0.15, 0.2) is 18.2 Å². The van der Waals surface area contributed by atoms with Crippen molar-refractivity contribution in [3.8, 4) is 6.07 Å². The molecule has 6 nitrogen and oxygen atoms in total. The average molecular weight is 275 g/mol. The Kier molecular flexibility index (Phi) is 4.53. The van der Waals surface area contributed by atoms with Crippen LogP contribution >= 0.6 is 0 Å². The Bertz CT molecular complexity index is 533. The minimum atomic E-state index is -0.436. The van der Waals surface area contributed by atoms with Crippen LogP contribution in [0, 0.1) is 21.4 Å². The molecule has 0 unspecified atom stereocenters. The summed E-state index contributed by atoms with van der Waals surface area (Å²) in [6, 6.07) is 6.52. The lowest BCUT2D eigenvalue weighted by Gasteiger charge is -2.25. The van der Waals surface area contributed by atoms with Crippen LogP contribution in [0.5, 0.6) is 0 Å². The molecule has 1 aromatic carbocycles.